The lowest BCUT2D eigenvalue weighted by molar-refractivity contribution is -0.166. The number of carbonyl (C=O) groups is 5. The summed E-state index contributed by atoms with van der Waals surface area (Å²) in [6.07, 6.45) is 5.32. The maximum absolute atomic E-state index is 14.6. The van der Waals surface area contributed by atoms with Crippen LogP contribution in [-0.2, 0) is 32.1 Å². The highest BCUT2D eigenvalue weighted by Crippen LogP contribution is 2.57. The van der Waals surface area contributed by atoms with Crippen LogP contribution in [0.1, 0.15) is 60.0 Å². The van der Waals surface area contributed by atoms with Crippen LogP contribution in [0, 0.1) is 34.5 Å². The number of carbonyl (C=O) groups excluding carboxylic acids is 5. The van der Waals surface area contributed by atoms with Gasteiger partial charge in [0.15, 0.2) is 34.5 Å². The van der Waals surface area contributed by atoms with Crippen LogP contribution >= 0.6 is 0 Å². The molecule has 242 valence electrons. The molecule has 45 heavy (non-hydrogen) atoms. The topological polar surface area (TPSA) is 226 Å². The SMILES string of the molecule is CN(C)c1cc(CNCC2CCCCC2)c(O)c2c1C[C@@]1(N)C[C@@]3(N)[C@H](N(C)C)C(=O)C(C(N)=O)C(=O)[C@@]3(C#N)C(=O)C1C2=O. The van der Waals surface area contributed by atoms with E-state index in [0.29, 0.717) is 22.7 Å². The van der Waals surface area contributed by atoms with Gasteiger partial charge < -0.3 is 32.5 Å². The molecule has 0 aliphatic heterocycles. The number of hydrogen-bond donors (Lipinski definition) is 5. The van der Waals surface area contributed by atoms with E-state index < -0.39 is 69.8 Å². The normalized spacial score (nSPS) is 33.3. The van der Waals surface area contributed by atoms with Crippen LogP contribution in [0.25, 0.3) is 0 Å². The van der Waals surface area contributed by atoms with Crippen LogP contribution in [0.15, 0.2) is 6.07 Å². The van der Waals surface area contributed by atoms with Crippen molar-refractivity contribution in [1.29, 1.82) is 5.26 Å². The zero-order chi connectivity index (χ0) is 33.2. The number of nitrogens with zero attached hydrogens (tertiary/aromatic N) is 3. The third-order valence-corrected chi connectivity index (χ3v) is 10.6. The molecule has 0 radical (unpaired) electrons. The number of primary amides is 1. The minimum atomic E-state index is -2.77. The summed E-state index contributed by atoms with van der Waals surface area (Å²) in [4.78, 5) is 72.0. The Morgan fingerprint density at radius 3 is 2.29 bits per heavy atom. The molecule has 4 aliphatic carbocycles. The predicted molar refractivity (Wildman–Crippen MR) is 164 cm³/mol. The standard InChI is InChI=1S/C32H43N7O6/c1-38(2)19-10-17(13-37-12-16-8-6-5-7-9-16)23(40)20-18(19)11-30(35)14-32(36)26(39(3)4)25(42)21(29(34)45)27(43)31(32,15-33)28(44)22(30)24(20)41/h10,16,21-22,26,37,40H,5-9,11-14,35-36H2,1-4H3,(H2,34,45)/t21?,22?,26-,30-,31+,32-/m1/s1. The summed E-state index contributed by atoms with van der Waals surface area (Å²) < 4.78 is 0. The van der Waals surface area contributed by atoms with Gasteiger partial charge in [-0.1, -0.05) is 19.3 Å². The molecule has 3 fully saturated rings. The van der Waals surface area contributed by atoms with Crippen LogP contribution < -0.4 is 27.4 Å². The van der Waals surface area contributed by atoms with Crippen molar-refractivity contribution in [2.24, 2.45) is 40.4 Å². The van der Waals surface area contributed by atoms with Crippen molar-refractivity contribution < 1.29 is 29.1 Å². The summed E-state index contributed by atoms with van der Waals surface area (Å²) in [6, 6.07) is 2.08. The average Bonchev–Trinajstić information content (AvgIpc) is 2.93. The number of nitrogens with one attached hydrogen (secondary N) is 1. The van der Waals surface area contributed by atoms with Crippen molar-refractivity contribution in [2.45, 2.75) is 68.6 Å². The van der Waals surface area contributed by atoms with E-state index in [0.717, 1.165) is 19.4 Å². The zero-order valence-corrected chi connectivity index (χ0v) is 26.3. The summed E-state index contributed by atoms with van der Waals surface area (Å²) >= 11 is 0. The molecule has 0 saturated heterocycles. The summed E-state index contributed by atoms with van der Waals surface area (Å²) in [5.41, 5.74) is 14.0. The Bertz CT molecular complexity index is 1530. The Hall–Kier alpha value is -3.70. The van der Waals surface area contributed by atoms with Gasteiger partial charge >= 0.3 is 0 Å². The lowest BCUT2D eigenvalue weighted by atomic mass is 9.42. The van der Waals surface area contributed by atoms with E-state index >= 15 is 0 Å². The molecule has 13 heteroatoms. The van der Waals surface area contributed by atoms with E-state index in [2.05, 4.69) is 5.32 Å². The van der Waals surface area contributed by atoms with E-state index in [9.17, 15) is 34.3 Å². The van der Waals surface area contributed by atoms with Crippen LogP contribution in [0.2, 0.25) is 0 Å². The number of aromatic hydroxyl groups is 1. The number of benzene rings is 1. The quantitative estimate of drug-likeness (QED) is 0.244. The molecule has 0 bridgehead atoms. The van der Waals surface area contributed by atoms with Crippen molar-refractivity contribution in [3.05, 3.63) is 22.8 Å². The number of fused-ring (bicyclic) bond motifs is 3. The fourth-order valence-corrected chi connectivity index (χ4v) is 8.65. The number of nitrogens with two attached hydrogens (primary N) is 3. The fraction of sp³-hybridized carbons (Fsp3) is 0.625. The Morgan fingerprint density at radius 2 is 1.73 bits per heavy atom. The van der Waals surface area contributed by atoms with Crippen molar-refractivity contribution in [2.75, 3.05) is 39.6 Å². The molecule has 1 aromatic carbocycles. The first-order valence-electron chi connectivity index (χ1n) is 15.4. The molecule has 6 atom stereocenters. The number of ketones is 4. The molecular weight excluding hydrogens is 578 g/mol. The van der Waals surface area contributed by atoms with Gasteiger partial charge in [-0.05, 0) is 63.9 Å². The molecule has 0 heterocycles. The number of likely N-dealkylation sites (N-methyl/N-ethyl adjacent to an activating group) is 1. The van der Waals surface area contributed by atoms with E-state index in [-0.39, 0.29) is 24.3 Å². The van der Waals surface area contributed by atoms with Gasteiger partial charge in [0, 0.05) is 37.4 Å². The molecule has 5 rings (SSSR count). The van der Waals surface area contributed by atoms with Gasteiger partial charge in [0.2, 0.25) is 5.91 Å². The van der Waals surface area contributed by atoms with E-state index in [1.807, 2.05) is 0 Å². The molecule has 1 aromatic rings. The number of phenols is 1. The highest BCUT2D eigenvalue weighted by atomic mass is 16.3. The number of hydrogen-bond acceptors (Lipinski definition) is 12. The second-order valence-electron chi connectivity index (χ2n) is 13.9. The number of amides is 1. The molecule has 0 aromatic heterocycles. The number of Topliss-reactive ketones (excluding diaryl/α,β-unsaturated/α-hetero) is 4. The average molecular weight is 622 g/mol. The van der Waals surface area contributed by atoms with Gasteiger partial charge in [0.25, 0.3) is 0 Å². The zero-order valence-electron chi connectivity index (χ0n) is 26.3. The van der Waals surface area contributed by atoms with E-state index in [1.165, 1.54) is 38.3 Å². The summed E-state index contributed by atoms with van der Waals surface area (Å²) in [5.74, 6) is -9.23. The molecule has 13 nitrogen and oxygen atoms in total. The fourth-order valence-electron chi connectivity index (χ4n) is 8.65. The summed E-state index contributed by atoms with van der Waals surface area (Å²) in [6.45, 7) is 1.03. The van der Waals surface area contributed by atoms with Gasteiger partial charge in [-0.25, -0.2) is 0 Å². The minimum Gasteiger partial charge on any atom is -0.507 e. The Balaban J connectivity index is 1.64. The Morgan fingerprint density at radius 1 is 1.09 bits per heavy atom. The first-order valence-corrected chi connectivity index (χ1v) is 15.4. The first kappa shape index (κ1) is 32.7. The lowest BCUT2D eigenvalue weighted by Gasteiger charge is -2.60. The monoisotopic (exact) mass is 621 g/mol. The summed E-state index contributed by atoms with van der Waals surface area (Å²) in [5, 5.41) is 25.5. The van der Waals surface area contributed by atoms with Gasteiger partial charge in [0.1, 0.15) is 11.7 Å². The highest BCUT2D eigenvalue weighted by molar-refractivity contribution is 6.33. The summed E-state index contributed by atoms with van der Waals surface area (Å²) in [7, 11) is 6.52. The van der Waals surface area contributed by atoms with Gasteiger partial charge in [-0.3, -0.25) is 28.9 Å². The van der Waals surface area contributed by atoms with E-state index in [4.69, 9.17) is 17.2 Å². The van der Waals surface area contributed by atoms with E-state index in [1.54, 1.807) is 31.1 Å². The number of anilines is 1. The molecule has 3 saturated carbocycles. The number of phenolic OH excluding ortho intramolecular Hbond substituents is 1. The second-order valence-corrected chi connectivity index (χ2v) is 13.9. The third kappa shape index (κ3) is 4.61. The molecule has 4 aliphatic rings. The number of rotatable bonds is 7. The molecule has 0 spiro atoms. The van der Waals surface area contributed by atoms with Gasteiger partial charge in [-0.2, -0.15) is 5.26 Å². The predicted octanol–water partition coefficient (Wildman–Crippen LogP) is -0.456. The molecule has 2 unspecified atom stereocenters. The molecular formula is C32H43N7O6. The largest absolute Gasteiger partial charge is 0.507 e. The lowest BCUT2D eigenvalue weighted by Crippen LogP contribution is -2.85. The minimum absolute atomic E-state index is 0.0948. The maximum Gasteiger partial charge on any atom is 0.235 e. The first-order chi connectivity index (χ1) is 21.1. The molecule has 1 amide bonds. The van der Waals surface area contributed by atoms with Crippen molar-refractivity contribution in [1.82, 2.24) is 10.2 Å². The van der Waals surface area contributed by atoms with Crippen LogP contribution in [0.4, 0.5) is 5.69 Å². The Labute approximate surface area is 262 Å². The van der Waals surface area contributed by atoms with Crippen molar-refractivity contribution in [3.8, 4) is 11.8 Å². The van der Waals surface area contributed by atoms with Gasteiger partial charge in [0.05, 0.1) is 23.2 Å². The third-order valence-electron chi connectivity index (χ3n) is 10.6. The van der Waals surface area contributed by atoms with Crippen molar-refractivity contribution in [3.63, 3.8) is 0 Å². The van der Waals surface area contributed by atoms with Crippen molar-refractivity contribution >= 4 is 34.7 Å². The number of nitriles is 1. The maximum atomic E-state index is 14.6. The van der Waals surface area contributed by atoms with Gasteiger partial charge in [-0.15, -0.1) is 0 Å². The highest BCUT2D eigenvalue weighted by Gasteiger charge is 2.78. The van der Waals surface area contributed by atoms with Crippen LogP contribution in [0.3, 0.4) is 0 Å². The Kier molecular flexibility index (Phi) is 8.19. The molecule has 8 N–H and O–H groups in total. The smallest absolute Gasteiger partial charge is 0.235 e. The van der Waals surface area contributed by atoms with Crippen LogP contribution in [0.5, 0.6) is 5.75 Å². The van der Waals surface area contributed by atoms with Crippen LogP contribution in [-0.4, -0.2) is 90.9 Å². The second kappa shape index (κ2) is 11.3.